The molecule has 1 saturated heterocycles. The highest BCUT2D eigenvalue weighted by Crippen LogP contribution is 2.24. The first kappa shape index (κ1) is 22.1. The van der Waals surface area contributed by atoms with Crippen molar-refractivity contribution in [3.63, 3.8) is 0 Å². The summed E-state index contributed by atoms with van der Waals surface area (Å²) in [5, 5.41) is 2.84. The first-order chi connectivity index (χ1) is 15.2. The molecular weight excluding hydrogens is 424 g/mol. The number of hydrogen-bond acceptors (Lipinski definition) is 5. The van der Waals surface area contributed by atoms with Crippen molar-refractivity contribution in [3.8, 4) is 0 Å². The number of nitrogens with one attached hydrogen (secondary N) is 1. The van der Waals surface area contributed by atoms with Crippen LogP contribution in [0.1, 0.15) is 22.3 Å². The molecule has 0 saturated carbocycles. The molecule has 1 fully saturated rings. The Morgan fingerprint density at radius 2 is 1.72 bits per heavy atom. The van der Waals surface area contributed by atoms with Gasteiger partial charge in [0.15, 0.2) is 0 Å². The predicted octanol–water partition coefficient (Wildman–Crippen LogP) is 3.43. The van der Waals surface area contributed by atoms with Crippen LogP contribution in [-0.4, -0.2) is 56.4 Å². The molecule has 1 unspecified atom stereocenters. The molecule has 0 aliphatic carbocycles. The van der Waals surface area contributed by atoms with Crippen LogP contribution in [0.25, 0.3) is 0 Å². The Morgan fingerprint density at radius 3 is 2.34 bits per heavy atom. The number of rotatable bonds is 6. The lowest BCUT2D eigenvalue weighted by Gasteiger charge is -2.22. The fourth-order valence-electron chi connectivity index (χ4n) is 3.85. The molecule has 0 radical (unpaired) electrons. The van der Waals surface area contributed by atoms with Gasteiger partial charge in [0.2, 0.25) is 0 Å². The minimum absolute atomic E-state index is 0.180. The zero-order valence-electron chi connectivity index (χ0n) is 18.5. The highest BCUT2D eigenvalue weighted by atomic mass is 32.2. The van der Waals surface area contributed by atoms with Crippen molar-refractivity contribution >= 4 is 27.3 Å². The summed E-state index contributed by atoms with van der Waals surface area (Å²) in [5.41, 5.74) is 3.04. The van der Waals surface area contributed by atoms with Gasteiger partial charge in [0, 0.05) is 42.9 Å². The van der Waals surface area contributed by atoms with Gasteiger partial charge in [-0.3, -0.25) is 4.79 Å². The molecule has 4 rings (SSSR count). The number of aromatic nitrogens is 1. The predicted molar refractivity (Wildman–Crippen MR) is 127 cm³/mol. The van der Waals surface area contributed by atoms with E-state index in [1.54, 1.807) is 24.3 Å². The molecule has 2 aromatic carbocycles. The third kappa shape index (κ3) is 4.56. The molecule has 1 atom stereocenters. The molecule has 3 aromatic rings. The minimum atomic E-state index is -3.74. The van der Waals surface area contributed by atoms with Crippen molar-refractivity contribution in [2.24, 2.45) is 0 Å². The summed E-state index contributed by atoms with van der Waals surface area (Å²) in [6.45, 7) is 3.89. The van der Waals surface area contributed by atoms with Crippen molar-refractivity contribution < 1.29 is 13.2 Å². The van der Waals surface area contributed by atoms with Gasteiger partial charge in [0.1, 0.15) is 0 Å². The van der Waals surface area contributed by atoms with E-state index in [2.05, 4.69) is 29.2 Å². The molecule has 1 aliphatic heterocycles. The summed E-state index contributed by atoms with van der Waals surface area (Å²) in [7, 11) is 0.467. The van der Waals surface area contributed by atoms with Gasteiger partial charge in [-0.25, -0.2) is 12.4 Å². The van der Waals surface area contributed by atoms with Crippen LogP contribution in [0.3, 0.4) is 0 Å². The third-order valence-electron chi connectivity index (χ3n) is 5.91. The summed E-state index contributed by atoms with van der Waals surface area (Å²) < 4.78 is 26.7. The fraction of sp³-hybridized carbons (Fsp3) is 0.292. The maximum Gasteiger partial charge on any atom is 0.267 e. The van der Waals surface area contributed by atoms with Crippen LogP contribution in [0.2, 0.25) is 0 Å². The molecule has 0 bridgehead atoms. The van der Waals surface area contributed by atoms with E-state index in [4.69, 9.17) is 0 Å². The van der Waals surface area contributed by atoms with E-state index in [-0.39, 0.29) is 16.4 Å². The van der Waals surface area contributed by atoms with Gasteiger partial charge in [-0.1, -0.05) is 17.7 Å². The van der Waals surface area contributed by atoms with E-state index in [0.717, 1.165) is 34.7 Å². The van der Waals surface area contributed by atoms with Crippen LogP contribution in [0.4, 0.5) is 11.4 Å². The smallest absolute Gasteiger partial charge is 0.267 e. The van der Waals surface area contributed by atoms with E-state index in [1.807, 2.05) is 31.2 Å². The average molecular weight is 453 g/mol. The van der Waals surface area contributed by atoms with Gasteiger partial charge in [-0.15, -0.1) is 0 Å². The molecule has 2 heterocycles. The first-order valence-corrected chi connectivity index (χ1v) is 12.0. The van der Waals surface area contributed by atoms with Gasteiger partial charge in [-0.2, -0.15) is 0 Å². The SMILES string of the molecule is Cc1ccc(S(=O)(=O)n2ccc(C(=O)Nc3ccc(N4CCC(N(C)C)C4)cc3)c2)cc1. The second kappa shape index (κ2) is 8.80. The standard InChI is InChI=1S/C24H28N4O3S/c1-18-4-10-23(11-5-18)32(30,31)28-15-12-19(16-28)24(29)25-20-6-8-21(9-7-20)27-14-13-22(17-27)26(2)3/h4-12,15-16,22H,13-14,17H2,1-3H3,(H,25,29). The minimum Gasteiger partial charge on any atom is -0.370 e. The van der Waals surface area contributed by atoms with Crippen molar-refractivity contribution in [1.82, 2.24) is 8.87 Å². The van der Waals surface area contributed by atoms with E-state index < -0.39 is 10.0 Å². The maximum atomic E-state index is 12.8. The van der Waals surface area contributed by atoms with Gasteiger partial charge < -0.3 is 15.1 Å². The molecule has 1 aliphatic rings. The number of likely N-dealkylation sites (N-methyl/N-ethyl adjacent to an activating group) is 1. The maximum absolute atomic E-state index is 12.8. The number of carbonyl (C=O) groups excluding carboxylic acids is 1. The van der Waals surface area contributed by atoms with Gasteiger partial charge in [0.05, 0.1) is 10.5 Å². The molecule has 1 N–H and O–H groups in total. The number of carbonyl (C=O) groups is 1. The number of nitrogens with zero attached hydrogens (tertiary/aromatic N) is 3. The largest absolute Gasteiger partial charge is 0.370 e. The van der Waals surface area contributed by atoms with Gasteiger partial charge >= 0.3 is 0 Å². The van der Waals surface area contributed by atoms with Crippen LogP contribution < -0.4 is 10.2 Å². The number of hydrogen-bond donors (Lipinski definition) is 1. The molecule has 1 aromatic heterocycles. The Kier molecular flexibility index (Phi) is 6.08. The number of anilines is 2. The van der Waals surface area contributed by atoms with Crippen LogP contribution in [0, 0.1) is 6.92 Å². The van der Waals surface area contributed by atoms with Crippen molar-refractivity contribution in [1.29, 1.82) is 0 Å². The van der Waals surface area contributed by atoms with Gasteiger partial charge in [0.25, 0.3) is 15.9 Å². The summed E-state index contributed by atoms with van der Waals surface area (Å²) in [4.78, 5) is 17.4. The van der Waals surface area contributed by atoms with E-state index in [1.165, 1.54) is 18.5 Å². The van der Waals surface area contributed by atoms with Crippen molar-refractivity contribution in [2.75, 3.05) is 37.4 Å². The van der Waals surface area contributed by atoms with E-state index in [9.17, 15) is 13.2 Å². The number of aryl methyl sites for hydroxylation is 1. The zero-order chi connectivity index (χ0) is 22.9. The van der Waals surface area contributed by atoms with E-state index in [0.29, 0.717) is 11.7 Å². The molecule has 7 nitrogen and oxygen atoms in total. The molecule has 0 spiro atoms. The Bertz CT molecular complexity index is 1200. The summed E-state index contributed by atoms with van der Waals surface area (Å²) in [5.74, 6) is -0.357. The van der Waals surface area contributed by atoms with Crippen LogP contribution in [0.5, 0.6) is 0 Å². The number of benzene rings is 2. The molecule has 8 heteroatoms. The van der Waals surface area contributed by atoms with Crippen molar-refractivity contribution in [3.05, 3.63) is 78.1 Å². The molecular formula is C24H28N4O3S. The Labute approximate surface area is 189 Å². The lowest BCUT2D eigenvalue weighted by molar-refractivity contribution is 0.102. The third-order valence-corrected chi connectivity index (χ3v) is 7.56. The highest BCUT2D eigenvalue weighted by Gasteiger charge is 2.24. The number of amides is 1. The second-order valence-electron chi connectivity index (χ2n) is 8.40. The lowest BCUT2D eigenvalue weighted by Crippen LogP contribution is -2.31. The average Bonchev–Trinajstić information content (AvgIpc) is 3.45. The molecule has 32 heavy (non-hydrogen) atoms. The quantitative estimate of drug-likeness (QED) is 0.620. The molecule has 1 amide bonds. The highest BCUT2D eigenvalue weighted by molar-refractivity contribution is 7.90. The Morgan fingerprint density at radius 1 is 1.03 bits per heavy atom. The first-order valence-electron chi connectivity index (χ1n) is 10.6. The summed E-state index contributed by atoms with van der Waals surface area (Å²) in [6, 6.07) is 16.4. The van der Waals surface area contributed by atoms with E-state index >= 15 is 0 Å². The summed E-state index contributed by atoms with van der Waals surface area (Å²) in [6.07, 6.45) is 3.86. The van der Waals surface area contributed by atoms with Crippen LogP contribution >= 0.6 is 0 Å². The molecule has 168 valence electrons. The topological polar surface area (TPSA) is 74.6 Å². The Balaban J connectivity index is 1.43. The van der Waals surface area contributed by atoms with Crippen molar-refractivity contribution in [2.45, 2.75) is 24.3 Å². The zero-order valence-corrected chi connectivity index (χ0v) is 19.3. The monoisotopic (exact) mass is 452 g/mol. The lowest BCUT2D eigenvalue weighted by atomic mass is 10.2. The van der Waals surface area contributed by atoms with Crippen LogP contribution in [-0.2, 0) is 10.0 Å². The normalized spacial score (nSPS) is 16.5. The van der Waals surface area contributed by atoms with Gasteiger partial charge in [-0.05, 0) is 69.9 Å². The Hall–Kier alpha value is -3.10. The van der Waals surface area contributed by atoms with Crippen LogP contribution in [0.15, 0.2) is 71.9 Å². The second-order valence-corrected chi connectivity index (χ2v) is 10.2. The summed E-state index contributed by atoms with van der Waals surface area (Å²) >= 11 is 0. The fourth-order valence-corrected chi connectivity index (χ4v) is 5.05.